The van der Waals surface area contributed by atoms with E-state index in [1.165, 1.54) is 5.56 Å². The van der Waals surface area contributed by atoms with Crippen molar-refractivity contribution in [3.63, 3.8) is 0 Å². The Balaban J connectivity index is 1.44. The van der Waals surface area contributed by atoms with Crippen LogP contribution in [-0.2, 0) is 0 Å². The molecule has 2 fully saturated rings. The maximum absolute atomic E-state index is 14.6. The highest BCUT2D eigenvalue weighted by Gasteiger charge is 2.29. The van der Waals surface area contributed by atoms with Gasteiger partial charge >= 0.3 is 0 Å². The molecule has 2 aliphatic rings. The Morgan fingerprint density at radius 1 is 1.06 bits per heavy atom. The lowest BCUT2D eigenvalue weighted by molar-refractivity contribution is 0.259. The van der Waals surface area contributed by atoms with E-state index in [-0.39, 0.29) is 23.8 Å². The van der Waals surface area contributed by atoms with Gasteiger partial charge in [-0.3, -0.25) is 9.30 Å². The first kappa shape index (κ1) is 18.8. The lowest BCUT2D eigenvalue weighted by atomic mass is 10.0. The van der Waals surface area contributed by atoms with Gasteiger partial charge in [-0.2, -0.15) is 0 Å². The van der Waals surface area contributed by atoms with Crippen LogP contribution in [0.2, 0.25) is 0 Å². The number of rotatable bonds is 4. The molecule has 0 spiro atoms. The molecule has 0 bridgehead atoms. The van der Waals surface area contributed by atoms with Crippen molar-refractivity contribution in [3.05, 3.63) is 59.5 Å². The second-order valence-electron chi connectivity index (χ2n) is 8.94. The minimum atomic E-state index is -0.161. The van der Waals surface area contributed by atoms with Crippen molar-refractivity contribution in [2.75, 3.05) is 13.1 Å². The van der Waals surface area contributed by atoms with Crippen LogP contribution in [-0.4, -0.2) is 43.6 Å². The molecule has 1 saturated heterocycles. The molecule has 1 saturated carbocycles. The van der Waals surface area contributed by atoms with Crippen molar-refractivity contribution in [3.8, 4) is 11.5 Å². The van der Waals surface area contributed by atoms with Crippen LogP contribution in [0.15, 0.2) is 42.6 Å². The molecule has 0 unspecified atom stereocenters. The Morgan fingerprint density at radius 3 is 2.68 bits per heavy atom. The molecule has 1 aliphatic heterocycles. The maximum Gasteiger partial charge on any atom is 0.187 e. The fraction of sp³-hybridized carbons (Fsp3) is 0.375. The lowest BCUT2D eigenvalue weighted by Gasteiger charge is -2.24. The molecule has 4 heterocycles. The first-order chi connectivity index (χ1) is 15.1. The fourth-order valence-corrected chi connectivity index (χ4v) is 4.78. The van der Waals surface area contributed by atoms with Crippen molar-refractivity contribution >= 4 is 16.6 Å². The van der Waals surface area contributed by atoms with Crippen LogP contribution in [0.5, 0.6) is 0 Å². The van der Waals surface area contributed by atoms with E-state index in [2.05, 4.69) is 34.3 Å². The van der Waals surface area contributed by atoms with Gasteiger partial charge in [0.25, 0.3) is 0 Å². The predicted octanol–water partition coefficient (Wildman–Crippen LogP) is 4.06. The highest BCUT2D eigenvalue weighted by atomic mass is 19.1. The summed E-state index contributed by atoms with van der Waals surface area (Å²) >= 11 is 0. The van der Waals surface area contributed by atoms with Gasteiger partial charge in [0.2, 0.25) is 0 Å². The summed E-state index contributed by atoms with van der Waals surface area (Å²) in [5.41, 5.74) is 10.3. The molecule has 3 aromatic heterocycles. The van der Waals surface area contributed by atoms with Gasteiger partial charge in [0.05, 0.1) is 5.52 Å². The predicted molar refractivity (Wildman–Crippen MR) is 118 cm³/mol. The average Bonchev–Trinajstić information content (AvgIpc) is 3.37. The van der Waals surface area contributed by atoms with E-state index in [9.17, 15) is 4.39 Å². The van der Waals surface area contributed by atoms with Crippen LogP contribution in [0.3, 0.4) is 0 Å². The zero-order chi connectivity index (χ0) is 21.1. The van der Waals surface area contributed by atoms with Gasteiger partial charge in [0.1, 0.15) is 11.5 Å². The zero-order valence-corrected chi connectivity index (χ0v) is 17.5. The standard InChI is InChI=1S/C24H25FN6/c1-14(30-11-10-18(26)13-30)17-6-9-21-28-29-24(31(21)12-17)20-8-5-16-4-7-19(25)22(15-2-3-15)23(16)27-20/h4-9,12,14-15,18H,2-3,10-11,13,26H2,1H3/t14-,18-/m0/s1. The van der Waals surface area contributed by atoms with E-state index in [1.54, 1.807) is 12.1 Å². The topological polar surface area (TPSA) is 72.3 Å². The quantitative estimate of drug-likeness (QED) is 0.543. The summed E-state index contributed by atoms with van der Waals surface area (Å²) in [6, 6.07) is 11.9. The van der Waals surface area contributed by atoms with E-state index >= 15 is 0 Å². The molecular weight excluding hydrogens is 391 g/mol. The van der Waals surface area contributed by atoms with Crippen molar-refractivity contribution in [2.24, 2.45) is 5.73 Å². The van der Waals surface area contributed by atoms with Crippen molar-refractivity contribution in [1.29, 1.82) is 0 Å². The number of halogens is 1. The molecule has 4 aromatic rings. The van der Waals surface area contributed by atoms with E-state index in [4.69, 9.17) is 10.7 Å². The number of likely N-dealkylation sites (tertiary alicyclic amines) is 1. The van der Waals surface area contributed by atoms with E-state index in [1.807, 2.05) is 22.6 Å². The maximum atomic E-state index is 14.6. The number of benzene rings is 1. The molecule has 6 nitrogen and oxygen atoms in total. The summed E-state index contributed by atoms with van der Waals surface area (Å²) in [5.74, 6) is 0.793. The van der Waals surface area contributed by atoms with Gasteiger partial charge in [-0.25, -0.2) is 9.37 Å². The summed E-state index contributed by atoms with van der Waals surface area (Å²) in [7, 11) is 0. The summed E-state index contributed by atoms with van der Waals surface area (Å²) in [5, 5.41) is 9.71. The Kier molecular flexibility index (Phi) is 4.30. The molecule has 31 heavy (non-hydrogen) atoms. The Bertz CT molecular complexity index is 1290. The Hall–Kier alpha value is -2.90. The van der Waals surface area contributed by atoms with Crippen molar-refractivity contribution < 1.29 is 4.39 Å². The van der Waals surface area contributed by atoms with E-state index in [0.29, 0.717) is 11.5 Å². The number of hydrogen-bond acceptors (Lipinski definition) is 5. The number of aromatic nitrogens is 4. The summed E-state index contributed by atoms with van der Waals surface area (Å²) in [4.78, 5) is 7.27. The minimum Gasteiger partial charge on any atom is -0.326 e. The van der Waals surface area contributed by atoms with Gasteiger partial charge < -0.3 is 5.73 Å². The normalized spacial score (nSPS) is 20.7. The lowest BCUT2D eigenvalue weighted by Crippen LogP contribution is -2.28. The van der Waals surface area contributed by atoms with Crippen LogP contribution in [0.1, 0.15) is 49.3 Å². The zero-order valence-electron chi connectivity index (χ0n) is 17.5. The first-order valence-electron chi connectivity index (χ1n) is 11.0. The molecule has 1 aliphatic carbocycles. The Labute approximate surface area is 179 Å². The third-order valence-electron chi connectivity index (χ3n) is 6.77. The number of pyridine rings is 2. The van der Waals surface area contributed by atoms with E-state index < -0.39 is 0 Å². The molecule has 1 aromatic carbocycles. The number of hydrogen-bond donors (Lipinski definition) is 1. The van der Waals surface area contributed by atoms with Crippen LogP contribution < -0.4 is 5.73 Å². The Morgan fingerprint density at radius 2 is 1.90 bits per heavy atom. The summed E-state index contributed by atoms with van der Waals surface area (Å²) in [6.07, 6.45) is 5.18. The van der Waals surface area contributed by atoms with Gasteiger partial charge in [0.15, 0.2) is 11.5 Å². The highest BCUT2D eigenvalue weighted by molar-refractivity contribution is 5.85. The molecular formula is C24H25FN6. The second-order valence-corrected chi connectivity index (χ2v) is 8.94. The van der Waals surface area contributed by atoms with Crippen LogP contribution >= 0.6 is 0 Å². The SMILES string of the molecule is C[C@@H](c1ccc2nnc(-c3ccc4ccc(F)c(C5CC5)c4n3)n2c1)N1CC[C@H](N)C1. The third kappa shape index (κ3) is 3.20. The first-order valence-corrected chi connectivity index (χ1v) is 11.0. The van der Waals surface area contributed by atoms with Gasteiger partial charge in [0, 0.05) is 42.3 Å². The molecule has 0 radical (unpaired) electrons. The molecule has 7 heteroatoms. The number of fused-ring (bicyclic) bond motifs is 2. The molecule has 6 rings (SSSR count). The van der Waals surface area contributed by atoms with Gasteiger partial charge in [-0.15, -0.1) is 10.2 Å². The smallest absolute Gasteiger partial charge is 0.187 e. The molecule has 2 N–H and O–H groups in total. The number of nitrogens with two attached hydrogens (primary N) is 1. The molecule has 158 valence electrons. The second kappa shape index (κ2) is 7.07. The number of nitrogens with zero attached hydrogens (tertiary/aromatic N) is 5. The largest absolute Gasteiger partial charge is 0.326 e. The molecule has 0 amide bonds. The van der Waals surface area contributed by atoms with Gasteiger partial charge in [-0.05, 0) is 61.9 Å². The van der Waals surface area contributed by atoms with Crippen LogP contribution in [0, 0.1) is 5.82 Å². The van der Waals surface area contributed by atoms with Crippen molar-refractivity contribution in [2.45, 2.75) is 44.2 Å². The van der Waals surface area contributed by atoms with E-state index in [0.717, 1.165) is 54.5 Å². The van der Waals surface area contributed by atoms with Crippen LogP contribution in [0.25, 0.3) is 28.1 Å². The highest BCUT2D eigenvalue weighted by Crippen LogP contribution is 2.44. The van der Waals surface area contributed by atoms with Gasteiger partial charge in [-0.1, -0.05) is 12.1 Å². The third-order valence-corrected chi connectivity index (χ3v) is 6.77. The summed E-state index contributed by atoms with van der Waals surface area (Å²) < 4.78 is 16.6. The summed E-state index contributed by atoms with van der Waals surface area (Å²) in [6.45, 7) is 4.13. The molecule has 2 atom stereocenters. The van der Waals surface area contributed by atoms with Crippen molar-refractivity contribution in [1.82, 2.24) is 24.5 Å². The monoisotopic (exact) mass is 416 g/mol. The average molecular weight is 417 g/mol. The van der Waals surface area contributed by atoms with Crippen LogP contribution in [0.4, 0.5) is 4.39 Å². The fourth-order valence-electron chi connectivity index (χ4n) is 4.78. The minimum absolute atomic E-state index is 0.161.